The van der Waals surface area contributed by atoms with E-state index in [0.29, 0.717) is 6.54 Å². The molecule has 0 amide bonds. The molecular formula is C12H15N3. The molecule has 0 bridgehead atoms. The maximum atomic E-state index is 5.62. The lowest BCUT2D eigenvalue weighted by atomic mass is 10.1. The second-order valence-electron chi connectivity index (χ2n) is 3.78. The number of aryl methyl sites for hydroxylation is 2. The van der Waals surface area contributed by atoms with Gasteiger partial charge in [0.25, 0.3) is 0 Å². The van der Waals surface area contributed by atoms with Crippen LogP contribution in [0.2, 0.25) is 0 Å². The van der Waals surface area contributed by atoms with Crippen LogP contribution in [-0.4, -0.2) is 9.78 Å². The van der Waals surface area contributed by atoms with Crippen molar-refractivity contribution in [3.05, 3.63) is 47.3 Å². The lowest BCUT2D eigenvalue weighted by molar-refractivity contribution is 0.876. The zero-order valence-electron chi connectivity index (χ0n) is 9.07. The summed E-state index contributed by atoms with van der Waals surface area (Å²) in [5.41, 5.74) is 10.3. The number of nitrogens with zero attached hydrogens (tertiary/aromatic N) is 2. The van der Waals surface area contributed by atoms with Crippen LogP contribution in [0.5, 0.6) is 0 Å². The maximum absolute atomic E-state index is 5.62. The molecule has 0 aliphatic carbocycles. The van der Waals surface area contributed by atoms with Crippen molar-refractivity contribution in [1.29, 1.82) is 0 Å². The van der Waals surface area contributed by atoms with Crippen molar-refractivity contribution in [2.45, 2.75) is 20.4 Å². The van der Waals surface area contributed by atoms with Gasteiger partial charge in [-0.2, -0.15) is 5.10 Å². The molecule has 2 rings (SSSR count). The fourth-order valence-electron chi connectivity index (χ4n) is 1.61. The molecule has 1 heterocycles. The Morgan fingerprint density at radius 1 is 1.33 bits per heavy atom. The van der Waals surface area contributed by atoms with Crippen LogP contribution in [0.3, 0.4) is 0 Å². The van der Waals surface area contributed by atoms with E-state index in [1.807, 2.05) is 30.1 Å². The molecule has 1 aromatic heterocycles. The minimum absolute atomic E-state index is 0.588. The van der Waals surface area contributed by atoms with Gasteiger partial charge >= 0.3 is 0 Å². The first-order chi connectivity index (χ1) is 7.20. The molecule has 1 aromatic carbocycles. The largest absolute Gasteiger partial charge is 0.326 e. The van der Waals surface area contributed by atoms with Crippen LogP contribution in [0, 0.1) is 13.8 Å². The van der Waals surface area contributed by atoms with Crippen LogP contribution in [0.15, 0.2) is 30.6 Å². The summed E-state index contributed by atoms with van der Waals surface area (Å²) in [6, 6.07) is 6.21. The van der Waals surface area contributed by atoms with Crippen LogP contribution in [-0.2, 0) is 6.54 Å². The molecule has 0 unspecified atom stereocenters. The Kier molecular flexibility index (Phi) is 2.56. The van der Waals surface area contributed by atoms with Gasteiger partial charge < -0.3 is 5.73 Å². The fourth-order valence-corrected chi connectivity index (χ4v) is 1.61. The minimum atomic E-state index is 0.588. The first-order valence-corrected chi connectivity index (χ1v) is 5.02. The lowest BCUT2D eigenvalue weighted by Gasteiger charge is -2.06. The summed E-state index contributed by atoms with van der Waals surface area (Å²) in [5.74, 6) is 0. The summed E-state index contributed by atoms with van der Waals surface area (Å²) >= 11 is 0. The average Bonchev–Trinajstić information content (AvgIpc) is 2.65. The summed E-state index contributed by atoms with van der Waals surface area (Å²) < 4.78 is 1.88. The molecule has 0 radical (unpaired) electrons. The van der Waals surface area contributed by atoms with Crippen LogP contribution in [0.4, 0.5) is 0 Å². The van der Waals surface area contributed by atoms with E-state index in [-0.39, 0.29) is 0 Å². The quantitative estimate of drug-likeness (QED) is 0.807. The highest BCUT2D eigenvalue weighted by atomic mass is 15.3. The van der Waals surface area contributed by atoms with Gasteiger partial charge in [0.05, 0.1) is 11.9 Å². The molecule has 15 heavy (non-hydrogen) atoms. The van der Waals surface area contributed by atoms with Gasteiger partial charge in [-0.3, -0.25) is 0 Å². The Balaban J connectivity index is 2.42. The van der Waals surface area contributed by atoms with Gasteiger partial charge in [-0.15, -0.1) is 0 Å². The van der Waals surface area contributed by atoms with E-state index in [4.69, 9.17) is 5.73 Å². The highest BCUT2D eigenvalue weighted by molar-refractivity contribution is 5.39. The number of aromatic nitrogens is 2. The molecule has 0 aliphatic rings. The number of hydrogen-bond acceptors (Lipinski definition) is 2. The second-order valence-corrected chi connectivity index (χ2v) is 3.78. The Morgan fingerprint density at radius 2 is 2.13 bits per heavy atom. The lowest BCUT2D eigenvalue weighted by Crippen LogP contribution is -2.01. The molecule has 3 nitrogen and oxygen atoms in total. The summed E-state index contributed by atoms with van der Waals surface area (Å²) in [5, 5.41) is 4.27. The Bertz CT molecular complexity index is 471. The van der Waals surface area contributed by atoms with E-state index in [2.05, 4.69) is 24.2 Å². The molecule has 2 aromatic rings. The van der Waals surface area contributed by atoms with Crippen LogP contribution in [0.1, 0.15) is 16.7 Å². The van der Waals surface area contributed by atoms with Gasteiger partial charge in [-0.1, -0.05) is 6.07 Å². The normalized spacial score (nSPS) is 10.6. The second kappa shape index (κ2) is 3.87. The molecular weight excluding hydrogens is 186 g/mol. The van der Waals surface area contributed by atoms with Gasteiger partial charge in [0.15, 0.2) is 0 Å². The highest BCUT2D eigenvalue weighted by Crippen LogP contribution is 2.14. The summed E-state index contributed by atoms with van der Waals surface area (Å²) in [4.78, 5) is 0. The molecule has 0 spiro atoms. The van der Waals surface area contributed by atoms with Crippen molar-refractivity contribution in [2.75, 3.05) is 0 Å². The topological polar surface area (TPSA) is 43.8 Å². The summed E-state index contributed by atoms with van der Waals surface area (Å²) in [6.45, 7) is 4.69. The fraction of sp³-hybridized carbons (Fsp3) is 0.250. The molecule has 0 aliphatic heterocycles. The first-order valence-electron chi connectivity index (χ1n) is 5.02. The number of benzene rings is 1. The van der Waals surface area contributed by atoms with Crippen molar-refractivity contribution in [1.82, 2.24) is 9.78 Å². The predicted molar refractivity (Wildman–Crippen MR) is 60.9 cm³/mol. The third kappa shape index (κ3) is 1.92. The SMILES string of the molecule is Cc1cnn(-c2ccc(CN)c(C)c2)c1. The van der Waals surface area contributed by atoms with Gasteiger partial charge in [0.2, 0.25) is 0 Å². The van der Waals surface area contributed by atoms with Crippen LogP contribution in [0.25, 0.3) is 5.69 Å². The molecule has 3 heteroatoms. The number of rotatable bonds is 2. The Hall–Kier alpha value is -1.61. The Morgan fingerprint density at radius 3 is 2.67 bits per heavy atom. The van der Waals surface area contributed by atoms with Crippen LogP contribution >= 0.6 is 0 Å². The van der Waals surface area contributed by atoms with E-state index in [9.17, 15) is 0 Å². The summed E-state index contributed by atoms with van der Waals surface area (Å²) in [7, 11) is 0. The van der Waals surface area contributed by atoms with E-state index in [1.165, 1.54) is 11.1 Å². The van der Waals surface area contributed by atoms with Crippen molar-refractivity contribution in [3.63, 3.8) is 0 Å². The predicted octanol–water partition coefficient (Wildman–Crippen LogP) is 1.95. The van der Waals surface area contributed by atoms with Crippen molar-refractivity contribution >= 4 is 0 Å². The van der Waals surface area contributed by atoms with E-state index in [1.54, 1.807) is 0 Å². The monoisotopic (exact) mass is 201 g/mol. The maximum Gasteiger partial charge on any atom is 0.0648 e. The van der Waals surface area contributed by atoms with E-state index in [0.717, 1.165) is 11.3 Å². The zero-order chi connectivity index (χ0) is 10.8. The van der Waals surface area contributed by atoms with Gasteiger partial charge in [0.1, 0.15) is 0 Å². The van der Waals surface area contributed by atoms with Gasteiger partial charge in [0, 0.05) is 12.7 Å². The highest BCUT2D eigenvalue weighted by Gasteiger charge is 2.01. The standard InChI is InChI=1S/C12H15N3/c1-9-7-14-15(8-9)12-4-3-11(6-13)10(2)5-12/h3-5,7-8H,6,13H2,1-2H3. The molecule has 0 saturated carbocycles. The first kappa shape index (κ1) is 9.93. The van der Waals surface area contributed by atoms with Crippen LogP contribution < -0.4 is 5.73 Å². The van der Waals surface area contributed by atoms with Crippen molar-refractivity contribution in [3.8, 4) is 5.69 Å². The zero-order valence-corrected chi connectivity index (χ0v) is 9.07. The third-order valence-corrected chi connectivity index (χ3v) is 2.52. The smallest absolute Gasteiger partial charge is 0.0648 e. The van der Waals surface area contributed by atoms with Crippen molar-refractivity contribution in [2.24, 2.45) is 5.73 Å². The number of nitrogens with two attached hydrogens (primary N) is 1. The summed E-state index contributed by atoms with van der Waals surface area (Å²) in [6.07, 6.45) is 3.86. The van der Waals surface area contributed by atoms with Crippen molar-refractivity contribution < 1.29 is 0 Å². The minimum Gasteiger partial charge on any atom is -0.326 e. The van der Waals surface area contributed by atoms with E-state index >= 15 is 0 Å². The van der Waals surface area contributed by atoms with Gasteiger partial charge in [-0.05, 0) is 42.7 Å². The van der Waals surface area contributed by atoms with Gasteiger partial charge in [-0.25, -0.2) is 4.68 Å². The molecule has 0 fully saturated rings. The Labute approximate surface area is 89.5 Å². The molecule has 78 valence electrons. The van der Waals surface area contributed by atoms with E-state index < -0.39 is 0 Å². The molecule has 2 N–H and O–H groups in total. The number of hydrogen-bond donors (Lipinski definition) is 1. The molecule has 0 atom stereocenters. The third-order valence-electron chi connectivity index (χ3n) is 2.52. The average molecular weight is 201 g/mol. The molecule has 0 saturated heterocycles.